The average Bonchev–Trinajstić information content (AvgIpc) is 3.30. The van der Waals surface area contributed by atoms with Gasteiger partial charge in [-0.3, -0.25) is 0 Å². The van der Waals surface area contributed by atoms with Gasteiger partial charge in [0.1, 0.15) is 0 Å². The zero-order valence-electron chi connectivity index (χ0n) is 20.4. The van der Waals surface area contributed by atoms with E-state index in [4.69, 9.17) is 0 Å². The molecule has 0 saturated heterocycles. The molecule has 0 aromatic carbocycles. The van der Waals surface area contributed by atoms with E-state index in [1.54, 1.807) is 0 Å². The molecular formula is C23H42N6. The highest BCUT2D eigenvalue weighted by Crippen LogP contribution is 2.36. The molecule has 2 heterocycles. The molecule has 0 saturated carbocycles. The Morgan fingerprint density at radius 3 is 1.83 bits per heavy atom. The average molecular weight is 403 g/mol. The van der Waals surface area contributed by atoms with Crippen molar-refractivity contribution in [1.29, 1.82) is 0 Å². The minimum Gasteiger partial charge on any atom is -0.247 e. The minimum atomic E-state index is -0.0747. The highest BCUT2D eigenvalue weighted by Gasteiger charge is 2.31. The molecule has 0 bridgehead atoms. The summed E-state index contributed by atoms with van der Waals surface area (Å²) in [5.74, 6) is 0. The summed E-state index contributed by atoms with van der Waals surface area (Å²) in [5.41, 5.74) is 2.26. The van der Waals surface area contributed by atoms with Gasteiger partial charge >= 0.3 is 0 Å². The lowest BCUT2D eigenvalue weighted by Crippen LogP contribution is -2.30. The monoisotopic (exact) mass is 402 g/mol. The van der Waals surface area contributed by atoms with Crippen LogP contribution in [0.3, 0.4) is 0 Å². The van der Waals surface area contributed by atoms with Crippen LogP contribution in [0.4, 0.5) is 0 Å². The van der Waals surface area contributed by atoms with E-state index >= 15 is 0 Å². The van der Waals surface area contributed by atoms with Crippen LogP contribution < -0.4 is 0 Å². The quantitative estimate of drug-likeness (QED) is 0.556. The molecule has 0 aliphatic rings. The van der Waals surface area contributed by atoms with Crippen LogP contribution in [0.15, 0.2) is 12.4 Å². The first-order valence-electron chi connectivity index (χ1n) is 11.1. The van der Waals surface area contributed by atoms with Crippen molar-refractivity contribution in [3.8, 4) is 0 Å². The van der Waals surface area contributed by atoms with E-state index in [0.717, 1.165) is 43.5 Å². The fourth-order valence-corrected chi connectivity index (χ4v) is 3.29. The molecule has 29 heavy (non-hydrogen) atoms. The molecule has 2 rings (SSSR count). The molecule has 1 unspecified atom stereocenters. The second kappa shape index (κ2) is 8.19. The van der Waals surface area contributed by atoms with Gasteiger partial charge in [-0.15, -0.1) is 10.2 Å². The molecule has 2 aromatic heterocycles. The van der Waals surface area contributed by atoms with Crippen LogP contribution in [0, 0.1) is 5.41 Å². The van der Waals surface area contributed by atoms with Crippen LogP contribution in [0.5, 0.6) is 0 Å². The first-order valence-corrected chi connectivity index (χ1v) is 11.1. The van der Waals surface area contributed by atoms with Gasteiger partial charge in [0.05, 0.1) is 22.5 Å². The van der Waals surface area contributed by atoms with E-state index in [1.165, 1.54) is 0 Å². The van der Waals surface area contributed by atoms with Crippen molar-refractivity contribution < 1.29 is 0 Å². The van der Waals surface area contributed by atoms with E-state index < -0.39 is 0 Å². The zero-order valence-corrected chi connectivity index (χ0v) is 20.4. The number of nitrogens with zero attached hydrogens (tertiary/aromatic N) is 6. The van der Waals surface area contributed by atoms with Gasteiger partial charge in [0.25, 0.3) is 0 Å². The molecule has 2 aromatic rings. The van der Waals surface area contributed by atoms with E-state index in [9.17, 15) is 0 Å². The third kappa shape index (κ3) is 5.67. The zero-order chi connectivity index (χ0) is 22.1. The summed E-state index contributed by atoms with van der Waals surface area (Å²) in [6.45, 7) is 22.3. The summed E-state index contributed by atoms with van der Waals surface area (Å²) >= 11 is 0. The fraction of sp³-hybridized carbons (Fsp3) is 0.826. The molecule has 0 aliphatic carbocycles. The van der Waals surface area contributed by atoms with Gasteiger partial charge in [0, 0.05) is 17.8 Å². The topological polar surface area (TPSA) is 61.4 Å². The Bertz CT molecular complexity index is 792. The molecule has 164 valence electrons. The number of rotatable bonds is 9. The van der Waals surface area contributed by atoms with Gasteiger partial charge in [0.15, 0.2) is 0 Å². The lowest BCUT2D eigenvalue weighted by atomic mass is 9.76. The Labute approximate surface area is 177 Å². The van der Waals surface area contributed by atoms with Gasteiger partial charge in [-0.25, -0.2) is 9.36 Å². The van der Waals surface area contributed by atoms with E-state index in [2.05, 4.69) is 102 Å². The molecular weight excluding hydrogens is 360 g/mol. The lowest BCUT2D eigenvalue weighted by Gasteiger charge is -2.33. The van der Waals surface area contributed by atoms with E-state index in [1.807, 2.05) is 9.36 Å². The van der Waals surface area contributed by atoms with E-state index in [0.29, 0.717) is 0 Å². The standard InChI is InChI=1S/C23H42N6/c1-11-21(6,7)28-16-18(24-26-28)15-23(10,12-2)14-13-22(8,9)29-17-19(25-27-29)20(3,4)5/h16-17H,11-15H2,1-10H3. The fourth-order valence-electron chi connectivity index (χ4n) is 3.29. The third-order valence-corrected chi connectivity index (χ3v) is 6.71. The SMILES string of the molecule is CCC(C)(CCC(C)(C)n1cc(C(C)(C)C)nn1)Cc1cn(C(C)(C)CC)nn1. The molecule has 0 radical (unpaired) electrons. The second-order valence-corrected chi connectivity index (χ2v) is 11.3. The summed E-state index contributed by atoms with van der Waals surface area (Å²) in [6, 6.07) is 0. The van der Waals surface area contributed by atoms with E-state index in [-0.39, 0.29) is 21.9 Å². The largest absolute Gasteiger partial charge is 0.247 e. The predicted octanol–water partition coefficient (Wildman–Crippen LogP) is 5.49. The number of hydrogen-bond donors (Lipinski definition) is 0. The van der Waals surface area contributed by atoms with Crippen molar-refractivity contribution in [2.75, 3.05) is 0 Å². The van der Waals surface area contributed by atoms with Gasteiger partial charge in [0.2, 0.25) is 0 Å². The van der Waals surface area contributed by atoms with Crippen molar-refractivity contribution in [3.05, 3.63) is 23.8 Å². The molecule has 0 N–H and O–H groups in total. The lowest BCUT2D eigenvalue weighted by molar-refractivity contribution is 0.200. The van der Waals surface area contributed by atoms with Crippen molar-refractivity contribution in [2.45, 2.75) is 118 Å². The third-order valence-electron chi connectivity index (χ3n) is 6.71. The van der Waals surface area contributed by atoms with Gasteiger partial charge < -0.3 is 0 Å². The molecule has 6 nitrogen and oxygen atoms in total. The smallest absolute Gasteiger partial charge is 0.0880 e. The molecule has 0 aliphatic heterocycles. The van der Waals surface area contributed by atoms with Crippen LogP contribution in [-0.4, -0.2) is 30.0 Å². The van der Waals surface area contributed by atoms with Crippen LogP contribution >= 0.6 is 0 Å². The number of aromatic nitrogens is 6. The van der Waals surface area contributed by atoms with Crippen molar-refractivity contribution >= 4 is 0 Å². The summed E-state index contributed by atoms with van der Waals surface area (Å²) in [4.78, 5) is 0. The Morgan fingerprint density at radius 2 is 1.31 bits per heavy atom. The Kier molecular flexibility index (Phi) is 6.65. The first kappa shape index (κ1) is 23.6. The normalized spacial score (nSPS) is 15.5. The summed E-state index contributed by atoms with van der Waals surface area (Å²) in [7, 11) is 0. The van der Waals surface area contributed by atoms with Crippen molar-refractivity contribution in [2.24, 2.45) is 5.41 Å². The van der Waals surface area contributed by atoms with Crippen LogP contribution in [-0.2, 0) is 22.9 Å². The van der Waals surface area contributed by atoms with Gasteiger partial charge in [-0.1, -0.05) is 58.4 Å². The number of hydrogen-bond acceptors (Lipinski definition) is 4. The highest BCUT2D eigenvalue weighted by atomic mass is 15.5. The van der Waals surface area contributed by atoms with Crippen molar-refractivity contribution in [3.63, 3.8) is 0 Å². The van der Waals surface area contributed by atoms with Crippen molar-refractivity contribution in [1.82, 2.24) is 30.0 Å². The molecule has 0 spiro atoms. The minimum absolute atomic E-state index is 0.00765. The highest BCUT2D eigenvalue weighted by molar-refractivity contribution is 5.07. The molecule has 6 heteroatoms. The van der Waals surface area contributed by atoms with Gasteiger partial charge in [-0.05, 0) is 58.8 Å². The molecule has 1 atom stereocenters. The van der Waals surface area contributed by atoms with Crippen LogP contribution in [0.1, 0.15) is 106 Å². The first-order chi connectivity index (χ1) is 13.2. The van der Waals surface area contributed by atoms with Crippen LogP contribution in [0.25, 0.3) is 0 Å². The summed E-state index contributed by atoms with van der Waals surface area (Å²) < 4.78 is 4.06. The maximum absolute atomic E-state index is 4.48. The van der Waals surface area contributed by atoms with Gasteiger partial charge in [-0.2, -0.15) is 0 Å². The molecule has 0 amide bonds. The predicted molar refractivity (Wildman–Crippen MR) is 119 cm³/mol. The Balaban J connectivity index is 2.09. The maximum atomic E-state index is 4.48. The summed E-state index contributed by atoms with van der Waals surface area (Å²) in [6.07, 6.45) is 9.48. The Hall–Kier alpha value is -1.72. The maximum Gasteiger partial charge on any atom is 0.0880 e. The molecule has 0 fully saturated rings. The van der Waals surface area contributed by atoms with Crippen LogP contribution in [0.2, 0.25) is 0 Å². The Morgan fingerprint density at radius 1 is 0.724 bits per heavy atom. The second-order valence-electron chi connectivity index (χ2n) is 11.3. The summed E-state index contributed by atoms with van der Waals surface area (Å²) in [5, 5.41) is 17.7.